The van der Waals surface area contributed by atoms with Crippen LogP contribution in [0.5, 0.6) is 0 Å². The van der Waals surface area contributed by atoms with Gasteiger partial charge in [0.2, 0.25) is 5.91 Å². The van der Waals surface area contributed by atoms with Gasteiger partial charge in [-0.2, -0.15) is 0 Å². The molecule has 2 aliphatic rings. The van der Waals surface area contributed by atoms with Gasteiger partial charge >= 0.3 is 5.97 Å². The average molecular weight is 284 g/mol. The van der Waals surface area contributed by atoms with Crippen molar-refractivity contribution in [2.45, 2.75) is 38.9 Å². The SMILES string of the molecule is CC1CN(C(=O)CN2CCC(CC(=O)O)C2)CC(C)O1. The van der Waals surface area contributed by atoms with Crippen LogP contribution in [0.3, 0.4) is 0 Å². The van der Waals surface area contributed by atoms with Crippen molar-refractivity contribution in [3.63, 3.8) is 0 Å². The average Bonchev–Trinajstić information content (AvgIpc) is 2.74. The van der Waals surface area contributed by atoms with Gasteiger partial charge in [-0.25, -0.2) is 0 Å². The number of carboxylic acid groups (broad SMARTS) is 1. The number of carbonyl (C=O) groups is 2. The highest BCUT2D eigenvalue weighted by Crippen LogP contribution is 2.20. The molecule has 0 aliphatic carbocycles. The number of carboxylic acids is 1. The first-order chi connectivity index (χ1) is 9.44. The maximum Gasteiger partial charge on any atom is 0.303 e. The second-order valence-electron chi connectivity index (χ2n) is 6.04. The molecule has 0 aromatic carbocycles. The monoisotopic (exact) mass is 284 g/mol. The Morgan fingerprint density at radius 2 is 1.85 bits per heavy atom. The molecule has 1 N–H and O–H groups in total. The number of rotatable bonds is 4. The molecule has 2 saturated heterocycles. The smallest absolute Gasteiger partial charge is 0.303 e. The number of carbonyl (C=O) groups excluding carboxylic acids is 1. The van der Waals surface area contributed by atoms with Crippen LogP contribution < -0.4 is 0 Å². The van der Waals surface area contributed by atoms with E-state index >= 15 is 0 Å². The number of morpholine rings is 1. The van der Waals surface area contributed by atoms with Crippen molar-refractivity contribution in [1.82, 2.24) is 9.80 Å². The summed E-state index contributed by atoms with van der Waals surface area (Å²) in [6, 6.07) is 0. The lowest BCUT2D eigenvalue weighted by molar-refractivity contribution is -0.144. The van der Waals surface area contributed by atoms with E-state index in [1.54, 1.807) is 0 Å². The summed E-state index contributed by atoms with van der Waals surface area (Å²) in [6.45, 7) is 7.19. The Kier molecular flexibility index (Phi) is 4.99. The molecule has 3 unspecified atom stereocenters. The Balaban J connectivity index is 1.79. The van der Waals surface area contributed by atoms with Crippen molar-refractivity contribution < 1.29 is 19.4 Å². The lowest BCUT2D eigenvalue weighted by atomic mass is 10.1. The standard InChI is InChI=1S/C14H24N2O4/c1-10-6-16(7-11(2)20-10)13(17)9-15-4-3-12(8-15)5-14(18)19/h10-12H,3-9H2,1-2H3,(H,18,19). The number of likely N-dealkylation sites (tertiary alicyclic amines) is 1. The van der Waals surface area contributed by atoms with Crippen molar-refractivity contribution in [2.75, 3.05) is 32.7 Å². The first-order valence-electron chi connectivity index (χ1n) is 7.31. The first-order valence-corrected chi connectivity index (χ1v) is 7.31. The van der Waals surface area contributed by atoms with E-state index in [1.807, 2.05) is 18.7 Å². The van der Waals surface area contributed by atoms with Gasteiger partial charge in [-0.15, -0.1) is 0 Å². The van der Waals surface area contributed by atoms with Gasteiger partial charge in [0.05, 0.1) is 18.8 Å². The fraction of sp³-hybridized carbons (Fsp3) is 0.857. The predicted octanol–water partition coefficient (Wildman–Crippen LogP) is 0.419. The molecule has 2 heterocycles. The zero-order chi connectivity index (χ0) is 14.7. The normalized spacial score (nSPS) is 31.5. The molecule has 2 rings (SSSR count). The van der Waals surface area contributed by atoms with Crippen LogP contribution in [-0.2, 0) is 14.3 Å². The van der Waals surface area contributed by atoms with E-state index in [1.165, 1.54) is 0 Å². The molecule has 0 aromatic heterocycles. The summed E-state index contributed by atoms with van der Waals surface area (Å²) in [7, 11) is 0. The Morgan fingerprint density at radius 3 is 2.45 bits per heavy atom. The molecular weight excluding hydrogens is 260 g/mol. The third-order valence-electron chi connectivity index (χ3n) is 3.96. The van der Waals surface area contributed by atoms with E-state index in [-0.39, 0.29) is 30.5 Å². The highest BCUT2D eigenvalue weighted by atomic mass is 16.5. The molecule has 20 heavy (non-hydrogen) atoms. The highest BCUT2D eigenvalue weighted by molar-refractivity contribution is 5.78. The molecule has 0 saturated carbocycles. The summed E-state index contributed by atoms with van der Waals surface area (Å²) in [5.74, 6) is -0.440. The summed E-state index contributed by atoms with van der Waals surface area (Å²) >= 11 is 0. The molecule has 114 valence electrons. The van der Waals surface area contributed by atoms with Crippen LogP contribution in [0, 0.1) is 5.92 Å². The zero-order valence-corrected chi connectivity index (χ0v) is 12.2. The fourth-order valence-corrected chi connectivity index (χ4v) is 3.14. The van der Waals surface area contributed by atoms with Gasteiger partial charge in [-0.1, -0.05) is 0 Å². The van der Waals surface area contributed by atoms with Crippen LogP contribution in [0.1, 0.15) is 26.7 Å². The number of hydrogen-bond acceptors (Lipinski definition) is 4. The Bertz CT molecular complexity index is 364. The maximum atomic E-state index is 12.3. The van der Waals surface area contributed by atoms with Crippen molar-refractivity contribution in [3.05, 3.63) is 0 Å². The third-order valence-corrected chi connectivity index (χ3v) is 3.96. The van der Waals surface area contributed by atoms with Gasteiger partial charge in [0.15, 0.2) is 0 Å². The van der Waals surface area contributed by atoms with Gasteiger partial charge in [0.25, 0.3) is 0 Å². The van der Waals surface area contributed by atoms with E-state index in [2.05, 4.69) is 4.90 Å². The summed E-state index contributed by atoms with van der Waals surface area (Å²) in [4.78, 5) is 26.9. The van der Waals surface area contributed by atoms with Crippen molar-refractivity contribution in [2.24, 2.45) is 5.92 Å². The topological polar surface area (TPSA) is 70.1 Å². The maximum absolute atomic E-state index is 12.3. The first kappa shape index (κ1) is 15.3. The number of hydrogen-bond donors (Lipinski definition) is 1. The molecule has 0 aromatic rings. The molecule has 0 spiro atoms. The van der Waals surface area contributed by atoms with Crippen LogP contribution in [-0.4, -0.2) is 71.7 Å². The summed E-state index contributed by atoms with van der Waals surface area (Å²) in [5, 5.41) is 8.80. The third kappa shape index (κ3) is 4.18. The summed E-state index contributed by atoms with van der Waals surface area (Å²) < 4.78 is 5.62. The van der Waals surface area contributed by atoms with Crippen molar-refractivity contribution in [1.29, 1.82) is 0 Å². The molecule has 2 aliphatic heterocycles. The van der Waals surface area contributed by atoms with Crippen LogP contribution in [0.15, 0.2) is 0 Å². The quantitative estimate of drug-likeness (QED) is 0.810. The molecule has 0 bridgehead atoms. The van der Waals surface area contributed by atoms with E-state index in [0.717, 1.165) is 13.0 Å². The fourth-order valence-electron chi connectivity index (χ4n) is 3.14. The molecule has 1 amide bonds. The number of aliphatic carboxylic acids is 1. The molecule has 2 fully saturated rings. The Morgan fingerprint density at radius 1 is 1.20 bits per heavy atom. The minimum Gasteiger partial charge on any atom is -0.481 e. The molecule has 3 atom stereocenters. The van der Waals surface area contributed by atoms with Gasteiger partial charge in [0.1, 0.15) is 0 Å². The number of nitrogens with zero attached hydrogens (tertiary/aromatic N) is 2. The lowest BCUT2D eigenvalue weighted by Crippen LogP contribution is -2.50. The van der Waals surface area contributed by atoms with Crippen molar-refractivity contribution >= 4 is 11.9 Å². The summed E-state index contributed by atoms with van der Waals surface area (Å²) in [6.07, 6.45) is 1.24. The van der Waals surface area contributed by atoms with E-state index < -0.39 is 5.97 Å². The summed E-state index contributed by atoms with van der Waals surface area (Å²) in [5.41, 5.74) is 0. The van der Waals surface area contributed by atoms with Gasteiger partial charge in [-0.05, 0) is 32.7 Å². The molecular formula is C14H24N2O4. The van der Waals surface area contributed by atoms with E-state index in [0.29, 0.717) is 26.2 Å². The van der Waals surface area contributed by atoms with E-state index in [4.69, 9.17) is 9.84 Å². The van der Waals surface area contributed by atoms with Crippen LogP contribution in [0.2, 0.25) is 0 Å². The van der Waals surface area contributed by atoms with Crippen LogP contribution in [0.25, 0.3) is 0 Å². The molecule has 0 radical (unpaired) electrons. The largest absolute Gasteiger partial charge is 0.481 e. The van der Waals surface area contributed by atoms with Gasteiger partial charge in [-0.3, -0.25) is 14.5 Å². The van der Waals surface area contributed by atoms with Gasteiger partial charge in [0, 0.05) is 26.1 Å². The van der Waals surface area contributed by atoms with Crippen LogP contribution in [0.4, 0.5) is 0 Å². The Labute approximate surface area is 119 Å². The number of ether oxygens (including phenoxy) is 1. The van der Waals surface area contributed by atoms with E-state index in [9.17, 15) is 9.59 Å². The highest BCUT2D eigenvalue weighted by Gasteiger charge is 2.30. The minimum atomic E-state index is -0.751. The van der Waals surface area contributed by atoms with Crippen molar-refractivity contribution in [3.8, 4) is 0 Å². The zero-order valence-electron chi connectivity index (χ0n) is 12.2. The van der Waals surface area contributed by atoms with Gasteiger partial charge < -0.3 is 14.7 Å². The Hall–Kier alpha value is -1.14. The molecule has 6 nitrogen and oxygen atoms in total. The van der Waals surface area contributed by atoms with Crippen LogP contribution >= 0.6 is 0 Å². The molecule has 6 heteroatoms. The number of amides is 1. The predicted molar refractivity (Wildman–Crippen MR) is 73.4 cm³/mol. The second kappa shape index (κ2) is 6.54. The minimum absolute atomic E-state index is 0.0843. The lowest BCUT2D eigenvalue weighted by Gasteiger charge is -2.36. The second-order valence-corrected chi connectivity index (χ2v) is 6.04.